The Morgan fingerprint density at radius 2 is 2.26 bits per heavy atom. The lowest BCUT2D eigenvalue weighted by Crippen LogP contribution is -2.28. The SMILES string of the molecule is COCCS(=O)(=O)NCc1cc(Br)cc2c1OCC2. The zero-order chi connectivity index (χ0) is 13.9. The van der Waals surface area contributed by atoms with E-state index in [9.17, 15) is 8.42 Å². The minimum Gasteiger partial charge on any atom is -0.493 e. The number of hydrogen-bond donors (Lipinski definition) is 1. The number of methoxy groups -OCH3 is 1. The van der Waals surface area contributed by atoms with Crippen LogP contribution >= 0.6 is 15.9 Å². The van der Waals surface area contributed by atoms with Gasteiger partial charge in [0.25, 0.3) is 0 Å². The molecule has 0 spiro atoms. The van der Waals surface area contributed by atoms with Gasteiger partial charge >= 0.3 is 0 Å². The Morgan fingerprint density at radius 1 is 1.47 bits per heavy atom. The number of halogens is 1. The fraction of sp³-hybridized carbons (Fsp3) is 0.500. The van der Waals surface area contributed by atoms with E-state index in [0.717, 1.165) is 27.8 Å². The first-order valence-corrected chi connectivity index (χ1v) is 8.37. The Bertz CT molecular complexity index is 559. The standard InChI is InChI=1S/C12H16BrNO4S/c1-17-4-5-19(15,16)14-8-10-7-11(13)6-9-2-3-18-12(9)10/h6-7,14H,2-5,8H2,1H3. The maximum Gasteiger partial charge on any atom is 0.214 e. The lowest BCUT2D eigenvalue weighted by Gasteiger charge is -2.10. The minimum absolute atomic E-state index is 0.0411. The number of sulfonamides is 1. The van der Waals surface area contributed by atoms with Crippen LogP contribution < -0.4 is 9.46 Å². The Labute approximate surface area is 121 Å². The zero-order valence-electron chi connectivity index (χ0n) is 10.6. The minimum atomic E-state index is -3.32. The van der Waals surface area contributed by atoms with Crippen LogP contribution in [0.25, 0.3) is 0 Å². The van der Waals surface area contributed by atoms with Gasteiger partial charge in [-0.1, -0.05) is 15.9 Å². The maximum atomic E-state index is 11.7. The summed E-state index contributed by atoms with van der Waals surface area (Å²) in [6.07, 6.45) is 0.859. The lowest BCUT2D eigenvalue weighted by molar-refractivity contribution is 0.217. The number of nitrogens with one attached hydrogen (secondary N) is 1. The first-order valence-electron chi connectivity index (χ1n) is 5.92. The van der Waals surface area contributed by atoms with Crippen LogP contribution in [0.1, 0.15) is 11.1 Å². The molecule has 0 aliphatic carbocycles. The monoisotopic (exact) mass is 349 g/mol. The van der Waals surface area contributed by atoms with Crippen molar-refractivity contribution in [3.05, 3.63) is 27.7 Å². The van der Waals surface area contributed by atoms with E-state index in [-0.39, 0.29) is 18.9 Å². The first kappa shape index (κ1) is 14.8. The third kappa shape index (κ3) is 3.92. The van der Waals surface area contributed by atoms with Gasteiger partial charge in [0, 0.05) is 30.1 Å². The average Bonchev–Trinajstić information content (AvgIpc) is 2.81. The number of rotatable bonds is 6. The van der Waals surface area contributed by atoms with Gasteiger partial charge in [0.2, 0.25) is 10.0 Å². The van der Waals surface area contributed by atoms with Crippen molar-refractivity contribution >= 4 is 26.0 Å². The molecular formula is C12H16BrNO4S. The molecule has 1 aromatic rings. The quantitative estimate of drug-likeness (QED) is 0.844. The number of fused-ring (bicyclic) bond motifs is 1. The third-order valence-corrected chi connectivity index (χ3v) is 4.61. The normalized spacial score (nSPS) is 14.2. The van der Waals surface area contributed by atoms with Crippen molar-refractivity contribution in [1.82, 2.24) is 4.72 Å². The van der Waals surface area contributed by atoms with Gasteiger partial charge in [0.1, 0.15) is 5.75 Å². The van der Waals surface area contributed by atoms with Crippen molar-refractivity contribution in [1.29, 1.82) is 0 Å². The molecule has 1 N–H and O–H groups in total. The summed E-state index contributed by atoms with van der Waals surface area (Å²) in [6.45, 7) is 1.06. The Kier molecular flexibility index (Phi) is 4.83. The zero-order valence-corrected chi connectivity index (χ0v) is 13.0. The predicted molar refractivity (Wildman–Crippen MR) is 75.8 cm³/mol. The van der Waals surface area contributed by atoms with Gasteiger partial charge < -0.3 is 9.47 Å². The molecule has 7 heteroatoms. The summed E-state index contributed by atoms with van der Waals surface area (Å²) in [7, 11) is -1.84. The van der Waals surface area contributed by atoms with Crippen molar-refractivity contribution < 1.29 is 17.9 Å². The fourth-order valence-electron chi connectivity index (χ4n) is 1.93. The van der Waals surface area contributed by atoms with Crippen molar-refractivity contribution in [3.63, 3.8) is 0 Å². The van der Waals surface area contributed by atoms with Gasteiger partial charge in [-0.05, 0) is 17.7 Å². The molecule has 0 aromatic heterocycles. The van der Waals surface area contributed by atoms with E-state index in [1.54, 1.807) is 0 Å². The third-order valence-electron chi connectivity index (χ3n) is 2.86. The molecule has 0 bridgehead atoms. The van der Waals surface area contributed by atoms with Crippen molar-refractivity contribution in [2.24, 2.45) is 0 Å². The molecule has 1 aliphatic heterocycles. The van der Waals surface area contributed by atoms with E-state index in [1.807, 2.05) is 12.1 Å². The van der Waals surface area contributed by atoms with Crippen molar-refractivity contribution in [2.45, 2.75) is 13.0 Å². The molecule has 0 saturated carbocycles. The molecule has 0 radical (unpaired) electrons. The molecule has 0 saturated heterocycles. The fourth-order valence-corrected chi connectivity index (χ4v) is 3.39. The van der Waals surface area contributed by atoms with Gasteiger partial charge in [-0.3, -0.25) is 0 Å². The highest BCUT2D eigenvalue weighted by Crippen LogP contribution is 2.32. The molecular weight excluding hydrogens is 334 g/mol. The smallest absolute Gasteiger partial charge is 0.214 e. The Hall–Kier alpha value is -0.630. The van der Waals surface area contributed by atoms with Gasteiger partial charge in [-0.2, -0.15) is 0 Å². The molecule has 1 aliphatic rings. The van der Waals surface area contributed by atoms with Crippen LogP contribution in [-0.2, 0) is 27.7 Å². The highest BCUT2D eigenvalue weighted by atomic mass is 79.9. The molecule has 106 valence electrons. The molecule has 19 heavy (non-hydrogen) atoms. The van der Waals surface area contributed by atoms with E-state index < -0.39 is 10.0 Å². The van der Waals surface area contributed by atoms with E-state index in [2.05, 4.69) is 20.7 Å². The average molecular weight is 350 g/mol. The van der Waals surface area contributed by atoms with Crippen LogP contribution in [0, 0.1) is 0 Å². The van der Waals surface area contributed by atoms with Crippen LogP contribution in [0.4, 0.5) is 0 Å². The van der Waals surface area contributed by atoms with Crippen molar-refractivity contribution in [2.75, 3.05) is 26.1 Å². The molecule has 2 rings (SSSR count). The van der Waals surface area contributed by atoms with Gasteiger partial charge in [0.05, 0.1) is 19.0 Å². The summed E-state index contributed by atoms with van der Waals surface area (Å²) in [4.78, 5) is 0. The molecule has 0 unspecified atom stereocenters. The molecule has 0 amide bonds. The highest BCUT2D eigenvalue weighted by molar-refractivity contribution is 9.10. The number of benzene rings is 1. The number of ether oxygens (including phenoxy) is 2. The van der Waals surface area contributed by atoms with E-state index in [4.69, 9.17) is 9.47 Å². The summed E-state index contributed by atoms with van der Waals surface area (Å²) >= 11 is 3.43. The largest absolute Gasteiger partial charge is 0.493 e. The highest BCUT2D eigenvalue weighted by Gasteiger charge is 2.19. The van der Waals surface area contributed by atoms with Crippen LogP contribution in [-0.4, -0.2) is 34.5 Å². The molecule has 5 nitrogen and oxygen atoms in total. The molecule has 0 atom stereocenters. The maximum absolute atomic E-state index is 11.7. The van der Waals surface area contributed by atoms with Crippen LogP contribution in [0.3, 0.4) is 0 Å². The lowest BCUT2D eigenvalue weighted by atomic mass is 10.1. The summed E-state index contributed by atoms with van der Waals surface area (Å²) in [6, 6.07) is 3.88. The van der Waals surface area contributed by atoms with Crippen LogP contribution in [0.5, 0.6) is 5.75 Å². The second kappa shape index (κ2) is 6.21. The van der Waals surface area contributed by atoms with Crippen LogP contribution in [0.15, 0.2) is 16.6 Å². The van der Waals surface area contributed by atoms with E-state index in [1.165, 1.54) is 7.11 Å². The topological polar surface area (TPSA) is 64.6 Å². The van der Waals surface area contributed by atoms with Gasteiger partial charge in [-0.15, -0.1) is 0 Å². The molecule has 1 heterocycles. The summed E-state index contributed by atoms with van der Waals surface area (Å²) in [5, 5.41) is 0. The molecule has 0 fully saturated rings. The van der Waals surface area contributed by atoms with Crippen LogP contribution in [0.2, 0.25) is 0 Å². The Morgan fingerprint density at radius 3 is 3.00 bits per heavy atom. The summed E-state index contributed by atoms with van der Waals surface area (Å²) in [5.41, 5.74) is 1.96. The van der Waals surface area contributed by atoms with E-state index in [0.29, 0.717) is 6.61 Å². The van der Waals surface area contributed by atoms with Gasteiger partial charge in [-0.25, -0.2) is 13.1 Å². The summed E-state index contributed by atoms with van der Waals surface area (Å²) < 4.78 is 37.2. The van der Waals surface area contributed by atoms with Crippen molar-refractivity contribution in [3.8, 4) is 5.75 Å². The Balaban J connectivity index is 2.08. The second-order valence-corrected chi connectivity index (χ2v) is 7.13. The predicted octanol–water partition coefficient (Wildman–Crippen LogP) is 1.45. The van der Waals surface area contributed by atoms with Gasteiger partial charge in [0.15, 0.2) is 0 Å². The first-order chi connectivity index (χ1) is 9.02. The molecule has 1 aromatic carbocycles. The second-order valence-electron chi connectivity index (χ2n) is 4.28. The summed E-state index contributed by atoms with van der Waals surface area (Å²) in [5.74, 6) is 0.762. The van der Waals surface area contributed by atoms with E-state index >= 15 is 0 Å². The number of hydrogen-bond acceptors (Lipinski definition) is 4.